The molecule has 0 fully saturated rings. The van der Waals surface area contributed by atoms with E-state index in [0.29, 0.717) is 17.9 Å². The first kappa shape index (κ1) is 17.9. The van der Waals surface area contributed by atoms with Gasteiger partial charge in [-0.1, -0.05) is 30.3 Å². The van der Waals surface area contributed by atoms with E-state index in [-0.39, 0.29) is 18.3 Å². The first-order chi connectivity index (χ1) is 11.5. The van der Waals surface area contributed by atoms with Crippen LogP contribution in [0.15, 0.2) is 48.5 Å². The van der Waals surface area contributed by atoms with Crippen LogP contribution in [0.2, 0.25) is 0 Å². The summed E-state index contributed by atoms with van der Waals surface area (Å²) in [6.07, 6.45) is 0.717. The largest absolute Gasteiger partial charge is 0.484 e. The van der Waals surface area contributed by atoms with Crippen LogP contribution >= 0.6 is 0 Å². The molecule has 0 spiro atoms. The molecule has 0 aliphatic carbocycles. The molecule has 2 aromatic rings. The van der Waals surface area contributed by atoms with Gasteiger partial charge in [0.2, 0.25) is 0 Å². The van der Waals surface area contributed by atoms with E-state index in [2.05, 4.69) is 0 Å². The number of rotatable bonds is 8. The fourth-order valence-electron chi connectivity index (χ4n) is 2.69. The van der Waals surface area contributed by atoms with Crippen LogP contribution in [-0.4, -0.2) is 38.1 Å². The molecule has 0 heterocycles. The van der Waals surface area contributed by atoms with Gasteiger partial charge in [-0.05, 0) is 49.8 Å². The molecule has 0 aliphatic heterocycles. The number of hydrogen-bond donors (Lipinski definition) is 1. The fourth-order valence-corrected chi connectivity index (χ4v) is 2.69. The van der Waals surface area contributed by atoms with Gasteiger partial charge in [0.15, 0.2) is 6.61 Å². The Bertz CT molecular complexity index is 674. The van der Waals surface area contributed by atoms with Crippen molar-refractivity contribution in [1.82, 2.24) is 4.90 Å². The van der Waals surface area contributed by atoms with E-state index < -0.39 is 5.91 Å². The summed E-state index contributed by atoms with van der Waals surface area (Å²) in [6.45, 7) is 0.479. The number of likely N-dealkylation sites (N-methyl/N-ethyl adjacent to an activating group) is 1. The van der Waals surface area contributed by atoms with Gasteiger partial charge in [-0.3, -0.25) is 4.79 Å². The SMILES string of the molecule is CN(C)CC(Cc1ccccc1)c1cc(OCC(N)=O)ccc1F. The molecule has 0 radical (unpaired) electrons. The van der Waals surface area contributed by atoms with Crippen LogP contribution in [0.4, 0.5) is 4.39 Å². The van der Waals surface area contributed by atoms with E-state index in [1.165, 1.54) is 12.1 Å². The van der Waals surface area contributed by atoms with Gasteiger partial charge in [0, 0.05) is 12.5 Å². The number of halogens is 1. The second kappa shape index (κ2) is 8.45. The molecule has 2 rings (SSSR count). The highest BCUT2D eigenvalue weighted by Gasteiger charge is 2.18. The second-order valence-electron chi connectivity index (χ2n) is 6.09. The van der Waals surface area contributed by atoms with Crippen molar-refractivity contribution in [2.24, 2.45) is 5.73 Å². The van der Waals surface area contributed by atoms with Crippen molar-refractivity contribution >= 4 is 5.91 Å². The summed E-state index contributed by atoms with van der Waals surface area (Å²) < 4.78 is 19.7. The van der Waals surface area contributed by atoms with E-state index in [9.17, 15) is 9.18 Å². The van der Waals surface area contributed by atoms with Crippen molar-refractivity contribution in [2.45, 2.75) is 12.3 Å². The van der Waals surface area contributed by atoms with Crippen LogP contribution in [0.1, 0.15) is 17.0 Å². The summed E-state index contributed by atoms with van der Waals surface area (Å²) in [5, 5.41) is 0. The van der Waals surface area contributed by atoms with Gasteiger partial charge in [-0.2, -0.15) is 0 Å². The zero-order valence-corrected chi connectivity index (χ0v) is 14.0. The lowest BCUT2D eigenvalue weighted by Gasteiger charge is -2.23. The lowest BCUT2D eigenvalue weighted by atomic mass is 9.91. The van der Waals surface area contributed by atoms with Crippen LogP contribution in [0.25, 0.3) is 0 Å². The highest BCUT2D eigenvalue weighted by atomic mass is 19.1. The Morgan fingerprint density at radius 2 is 1.92 bits per heavy atom. The first-order valence-electron chi connectivity index (χ1n) is 7.85. The predicted octanol–water partition coefficient (Wildman–Crippen LogP) is 2.58. The summed E-state index contributed by atoms with van der Waals surface area (Å²) in [4.78, 5) is 12.9. The van der Waals surface area contributed by atoms with Crippen molar-refractivity contribution in [3.05, 3.63) is 65.5 Å². The lowest BCUT2D eigenvalue weighted by Crippen LogP contribution is -2.23. The molecule has 0 aliphatic rings. The number of nitrogens with zero attached hydrogens (tertiary/aromatic N) is 1. The Morgan fingerprint density at radius 1 is 1.21 bits per heavy atom. The Kier molecular flexibility index (Phi) is 6.32. The minimum absolute atomic E-state index is 0.0282. The Morgan fingerprint density at radius 3 is 2.54 bits per heavy atom. The monoisotopic (exact) mass is 330 g/mol. The molecule has 0 bridgehead atoms. The Labute approximate surface area is 142 Å². The number of hydrogen-bond acceptors (Lipinski definition) is 3. The predicted molar refractivity (Wildman–Crippen MR) is 92.5 cm³/mol. The van der Waals surface area contributed by atoms with E-state index in [1.54, 1.807) is 6.07 Å². The summed E-state index contributed by atoms with van der Waals surface area (Å²) in [5.74, 6) is -0.416. The number of benzene rings is 2. The van der Waals surface area contributed by atoms with E-state index in [1.807, 2.05) is 49.3 Å². The molecular formula is C19H23FN2O2. The molecular weight excluding hydrogens is 307 g/mol. The highest BCUT2D eigenvalue weighted by molar-refractivity contribution is 5.75. The van der Waals surface area contributed by atoms with Crippen LogP contribution in [-0.2, 0) is 11.2 Å². The van der Waals surface area contributed by atoms with Crippen molar-refractivity contribution in [3.63, 3.8) is 0 Å². The molecule has 1 atom stereocenters. The van der Waals surface area contributed by atoms with Crippen molar-refractivity contribution in [1.29, 1.82) is 0 Å². The number of carbonyl (C=O) groups excluding carboxylic acids is 1. The van der Waals surface area contributed by atoms with Gasteiger partial charge in [-0.25, -0.2) is 4.39 Å². The number of primary amides is 1. The van der Waals surface area contributed by atoms with Gasteiger partial charge in [-0.15, -0.1) is 0 Å². The van der Waals surface area contributed by atoms with Gasteiger partial charge >= 0.3 is 0 Å². The summed E-state index contributed by atoms with van der Waals surface area (Å²) in [6, 6.07) is 14.5. The minimum atomic E-state index is -0.560. The smallest absolute Gasteiger partial charge is 0.255 e. The Balaban J connectivity index is 2.27. The third-order valence-electron chi connectivity index (χ3n) is 3.70. The molecule has 1 unspecified atom stereocenters. The summed E-state index contributed by atoms with van der Waals surface area (Å²) >= 11 is 0. The quantitative estimate of drug-likeness (QED) is 0.809. The van der Waals surface area contributed by atoms with Crippen molar-refractivity contribution in [2.75, 3.05) is 27.2 Å². The normalized spacial score (nSPS) is 12.2. The van der Waals surface area contributed by atoms with Crippen LogP contribution in [0.3, 0.4) is 0 Å². The maximum atomic E-state index is 14.4. The molecule has 2 N–H and O–H groups in total. The van der Waals surface area contributed by atoms with E-state index in [0.717, 1.165) is 12.0 Å². The van der Waals surface area contributed by atoms with Crippen molar-refractivity contribution < 1.29 is 13.9 Å². The number of ether oxygens (including phenoxy) is 1. The van der Waals surface area contributed by atoms with Gasteiger partial charge in [0.25, 0.3) is 5.91 Å². The first-order valence-corrected chi connectivity index (χ1v) is 7.85. The molecule has 24 heavy (non-hydrogen) atoms. The molecule has 1 amide bonds. The second-order valence-corrected chi connectivity index (χ2v) is 6.09. The van der Waals surface area contributed by atoms with Gasteiger partial charge in [0.05, 0.1) is 0 Å². The van der Waals surface area contributed by atoms with Gasteiger partial charge in [0.1, 0.15) is 11.6 Å². The Hall–Kier alpha value is -2.40. The highest BCUT2D eigenvalue weighted by Crippen LogP contribution is 2.28. The molecule has 0 saturated carbocycles. The van der Waals surface area contributed by atoms with Crippen LogP contribution in [0.5, 0.6) is 5.75 Å². The molecule has 0 aromatic heterocycles. The third kappa shape index (κ3) is 5.35. The van der Waals surface area contributed by atoms with E-state index >= 15 is 0 Å². The van der Waals surface area contributed by atoms with Crippen molar-refractivity contribution in [3.8, 4) is 5.75 Å². The summed E-state index contributed by atoms with van der Waals surface area (Å²) in [5.41, 5.74) is 6.82. The zero-order valence-electron chi connectivity index (χ0n) is 14.0. The maximum absolute atomic E-state index is 14.4. The zero-order chi connectivity index (χ0) is 17.5. The molecule has 4 nitrogen and oxygen atoms in total. The third-order valence-corrected chi connectivity index (χ3v) is 3.70. The number of nitrogens with two attached hydrogens (primary N) is 1. The molecule has 0 saturated heterocycles. The lowest BCUT2D eigenvalue weighted by molar-refractivity contribution is -0.119. The molecule has 5 heteroatoms. The molecule has 128 valence electrons. The maximum Gasteiger partial charge on any atom is 0.255 e. The number of carbonyl (C=O) groups is 1. The average molecular weight is 330 g/mol. The number of amides is 1. The molecule has 2 aromatic carbocycles. The summed E-state index contributed by atoms with van der Waals surface area (Å²) in [7, 11) is 3.92. The van der Waals surface area contributed by atoms with Crippen LogP contribution in [0, 0.1) is 5.82 Å². The fraction of sp³-hybridized carbons (Fsp3) is 0.316. The van der Waals surface area contributed by atoms with E-state index in [4.69, 9.17) is 10.5 Å². The topological polar surface area (TPSA) is 55.6 Å². The standard InChI is InChI=1S/C19H23FN2O2/c1-22(2)12-15(10-14-6-4-3-5-7-14)17-11-16(8-9-18(17)20)24-13-19(21)23/h3-9,11,15H,10,12-13H2,1-2H3,(H2,21,23). The van der Waals surface area contributed by atoms with Crippen LogP contribution < -0.4 is 10.5 Å². The minimum Gasteiger partial charge on any atom is -0.484 e. The van der Waals surface area contributed by atoms with Gasteiger partial charge < -0.3 is 15.4 Å². The average Bonchev–Trinajstić information content (AvgIpc) is 2.54.